The summed E-state index contributed by atoms with van der Waals surface area (Å²) in [4.78, 5) is 28.6. The van der Waals surface area contributed by atoms with E-state index in [1.807, 2.05) is 31.5 Å². The molecule has 0 radical (unpaired) electrons. The van der Waals surface area contributed by atoms with Gasteiger partial charge in [-0.1, -0.05) is 0 Å². The highest BCUT2D eigenvalue weighted by Gasteiger charge is 2.47. The molecule has 0 bridgehead atoms. The zero-order valence-electron chi connectivity index (χ0n) is 15.2. The van der Waals surface area contributed by atoms with Crippen molar-refractivity contribution in [1.29, 1.82) is 0 Å². The van der Waals surface area contributed by atoms with Crippen molar-refractivity contribution >= 4 is 11.8 Å². The Labute approximate surface area is 147 Å². The van der Waals surface area contributed by atoms with Crippen molar-refractivity contribution in [2.45, 2.75) is 38.8 Å². The minimum atomic E-state index is -0.717. The van der Waals surface area contributed by atoms with Gasteiger partial charge < -0.3 is 15.4 Å². The Bertz CT molecular complexity index is 655. The molecule has 0 saturated carbocycles. The van der Waals surface area contributed by atoms with Crippen LogP contribution in [0.5, 0.6) is 0 Å². The van der Waals surface area contributed by atoms with Crippen LogP contribution in [0.4, 0.5) is 0 Å². The molecule has 2 N–H and O–H groups in total. The molecule has 0 aliphatic carbocycles. The summed E-state index contributed by atoms with van der Waals surface area (Å²) in [6.45, 7) is 9.27. The fraction of sp³-hybridized carbons (Fsp3) is 0.706. The van der Waals surface area contributed by atoms with Crippen molar-refractivity contribution in [2.24, 2.45) is 5.73 Å². The number of carbonyl (C=O) groups excluding carboxylic acids is 2. The lowest BCUT2D eigenvalue weighted by atomic mass is 9.94. The smallest absolute Gasteiger partial charge is 0.274 e. The molecule has 0 spiro atoms. The Morgan fingerprint density at radius 3 is 2.44 bits per heavy atom. The summed E-state index contributed by atoms with van der Waals surface area (Å²) >= 11 is 0. The molecule has 25 heavy (non-hydrogen) atoms. The number of ether oxygens (including phenoxy) is 1. The van der Waals surface area contributed by atoms with Crippen molar-refractivity contribution in [3.05, 3.63) is 17.5 Å². The highest BCUT2D eigenvalue weighted by atomic mass is 16.5. The second-order valence-electron chi connectivity index (χ2n) is 7.19. The lowest BCUT2D eigenvalue weighted by molar-refractivity contribution is -0.131. The number of aryl methyl sites for hydroxylation is 1. The molecule has 8 heteroatoms. The standard InChI is InChI=1S/C17H27N5O3/c1-12(2)22-13(3)10-14(19-22)15(23)20-5-7-21(8-6-20)17(16(18)24)4-9-25-11-17/h10,12H,4-9,11H2,1-3H3,(H2,18,24). The average Bonchev–Trinajstić information content (AvgIpc) is 3.22. The third-order valence-electron chi connectivity index (χ3n) is 5.26. The zero-order valence-corrected chi connectivity index (χ0v) is 15.2. The second-order valence-corrected chi connectivity index (χ2v) is 7.19. The van der Waals surface area contributed by atoms with E-state index < -0.39 is 5.54 Å². The van der Waals surface area contributed by atoms with Crippen molar-refractivity contribution in [3.63, 3.8) is 0 Å². The maximum Gasteiger partial charge on any atom is 0.274 e. The third kappa shape index (κ3) is 3.16. The normalized spacial score (nSPS) is 24.9. The molecule has 2 amide bonds. The van der Waals surface area contributed by atoms with Crippen LogP contribution < -0.4 is 5.73 Å². The molecule has 2 saturated heterocycles. The first-order valence-corrected chi connectivity index (χ1v) is 8.83. The average molecular weight is 349 g/mol. The van der Waals surface area contributed by atoms with Gasteiger partial charge in [0.15, 0.2) is 5.69 Å². The van der Waals surface area contributed by atoms with Gasteiger partial charge in [-0.3, -0.25) is 19.2 Å². The van der Waals surface area contributed by atoms with Gasteiger partial charge in [-0.15, -0.1) is 0 Å². The molecule has 3 heterocycles. The molecule has 8 nitrogen and oxygen atoms in total. The zero-order chi connectivity index (χ0) is 18.2. The molecule has 2 fully saturated rings. The van der Waals surface area contributed by atoms with E-state index in [4.69, 9.17) is 10.5 Å². The summed E-state index contributed by atoms with van der Waals surface area (Å²) in [6, 6.07) is 2.06. The lowest BCUT2D eigenvalue weighted by Gasteiger charge is -2.43. The molecule has 0 aromatic carbocycles. The van der Waals surface area contributed by atoms with Crippen LogP contribution in [-0.4, -0.2) is 76.3 Å². The van der Waals surface area contributed by atoms with Gasteiger partial charge in [0.1, 0.15) is 5.54 Å². The topological polar surface area (TPSA) is 93.7 Å². The predicted molar refractivity (Wildman–Crippen MR) is 92.2 cm³/mol. The summed E-state index contributed by atoms with van der Waals surface area (Å²) in [5.41, 5.74) is 6.39. The number of piperazine rings is 1. The molecular weight excluding hydrogens is 322 g/mol. The van der Waals surface area contributed by atoms with E-state index in [0.717, 1.165) is 5.69 Å². The quantitative estimate of drug-likeness (QED) is 0.837. The van der Waals surface area contributed by atoms with Gasteiger partial charge in [0.2, 0.25) is 5.91 Å². The SMILES string of the molecule is Cc1cc(C(=O)N2CCN(C3(C(N)=O)CCOC3)CC2)nn1C(C)C. The molecule has 1 atom stereocenters. The van der Waals surface area contributed by atoms with Gasteiger partial charge in [-0.2, -0.15) is 5.10 Å². The summed E-state index contributed by atoms with van der Waals surface area (Å²) in [5.74, 6) is -0.394. The first kappa shape index (κ1) is 17.9. The highest BCUT2D eigenvalue weighted by Crippen LogP contribution is 2.27. The Morgan fingerprint density at radius 1 is 1.28 bits per heavy atom. The first-order valence-electron chi connectivity index (χ1n) is 8.83. The number of carbonyl (C=O) groups is 2. The monoisotopic (exact) mass is 349 g/mol. The molecular formula is C17H27N5O3. The van der Waals surface area contributed by atoms with Crippen molar-refractivity contribution in [3.8, 4) is 0 Å². The minimum Gasteiger partial charge on any atom is -0.379 e. The fourth-order valence-electron chi connectivity index (χ4n) is 3.77. The molecule has 3 rings (SSSR count). The van der Waals surface area contributed by atoms with Gasteiger partial charge in [-0.05, 0) is 26.8 Å². The molecule has 1 aromatic heterocycles. The van der Waals surface area contributed by atoms with Crippen LogP contribution in [0, 0.1) is 6.92 Å². The summed E-state index contributed by atoms with van der Waals surface area (Å²) in [5, 5.41) is 4.44. The van der Waals surface area contributed by atoms with E-state index in [2.05, 4.69) is 10.00 Å². The van der Waals surface area contributed by atoms with E-state index in [0.29, 0.717) is 51.5 Å². The van der Waals surface area contributed by atoms with E-state index >= 15 is 0 Å². The Kier molecular flexibility index (Phi) is 4.83. The van der Waals surface area contributed by atoms with E-state index in [1.165, 1.54) is 0 Å². The Morgan fingerprint density at radius 2 is 1.96 bits per heavy atom. The van der Waals surface area contributed by atoms with Crippen molar-refractivity contribution in [1.82, 2.24) is 19.6 Å². The number of primary amides is 1. The number of hydrogen-bond acceptors (Lipinski definition) is 5. The van der Waals surface area contributed by atoms with E-state index in [-0.39, 0.29) is 17.9 Å². The van der Waals surface area contributed by atoms with Gasteiger partial charge >= 0.3 is 0 Å². The van der Waals surface area contributed by atoms with Crippen LogP contribution in [0.2, 0.25) is 0 Å². The van der Waals surface area contributed by atoms with Gasteiger partial charge in [-0.25, -0.2) is 0 Å². The summed E-state index contributed by atoms with van der Waals surface area (Å²) in [6.07, 6.45) is 0.619. The number of nitrogens with zero attached hydrogens (tertiary/aromatic N) is 4. The summed E-state index contributed by atoms with van der Waals surface area (Å²) in [7, 11) is 0. The third-order valence-corrected chi connectivity index (χ3v) is 5.26. The van der Waals surface area contributed by atoms with E-state index in [1.54, 1.807) is 4.90 Å². The fourth-order valence-corrected chi connectivity index (χ4v) is 3.77. The second kappa shape index (κ2) is 6.76. The first-order chi connectivity index (χ1) is 11.8. The number of aromatic nitrogens is 2. The van der Waals surface area contributed by atoms with Crippen LogP contribution >= 0.6 is 0 Å². The van der Waals surface area contributed by atoms with Gasteiger partial charge in [0, 0.05) is 50.9 Å². The maximum atomic E-state index is 12.7. The number of nitrogens with two attached hydrogens (primary N) is 1. The van der Waals surface area contributed by atoms with Crippen LogP contribution in [0.25, 0.3) is 0 Å². The lowest BCUT2D eigenvalue weighted by Crippen LogP contribution is -2.63. The molecule has 1 unspecified atom stereocenters. The highest BCUT2D eigenvalue weighted by molar-refractivity contribution is 5.92. The van der Waals surface area contributed by atoms with Crippen molar-refractivity contribution < 1.29 is 14.3 Å². The Balaban J connectivity index is 1.67. The van der Waals surface area contributed by atoms with Crippen LogP contribution in [-0.2, 0) is 9.53 Å². The molecule has 2 aliphatic rings. The number of hydrogen-bond donors (Lipinski definition) is 1. The van der Waals surface area contributed by atoms with Crippen LogP contribution in [0.3, 0.4) is 0 Å². The van der Waals surface area contributed by atoms with Crippen LogP contribution in [0.1, 0.15) is 42.5 Å². The predicted octanol–water partition coefficient (Wildman–Crippen LogP) is 0.175. The van der Waals surface area contributed by atoms with Gasteiger partial charge in [0.05, 0.1) is 6.61 Å². The van der Waals surface area contributed by atoms with E-state index in [9.17, 15) is 9.59 Å². The largest absolute Gasteiger partial charge is 0.379 e. The molecule has 1 aromatic rings. The Hall–Kier alpha value is -1.93. The maximum absolute atomic E-state index is 12.7. The number of amides is 2. The molecule has 2 aliphatic heterocycles. The minimum absolute atomic E-state index is 0.0575. The number of rotatable bonds is 4. The van der Waals surface area contributed by atoms with Gasteiger partial charge in [0.25, 0.3) is 5.91 Å². The summed E-state index contributed by atoms with van der Waals surface area (Å²) < 4.78 is 7.28. The van der Waals surface area contributed by atoms with Crippen LogP contribution in [0.15, 0.2) is 6.07 Å². The molecule has 138 valence electrons. The van der Waals surface area contributed by atoms with Crippen molar-refractivity contribution in [2.75, 3.05) is 39.4 Å².